The van der Waals surface area contributed by atoms with Crippen molar-refractivity contribution in [2.45, 2.75) is 18.4 Å². The zero-order chi connectivity index (χ0) is 15.3. The normalized spacial score (nSPS) is 17.0. The average Bonchev–Trinajstić information content (AvgIpc) is 2.46. The molecule has 0 spiro atoms. The van der Waals surface area contributed by atoms with Gasteiger partial charge in [-0.25, -0.2) is 4.79 Å². The average molecular weight is 330 g/mol. The van der Waals surface area contributed by atoms with Crippen molar-refractivity contribution < 1.29 is 19.4 Å². The summed E-state index contributed by atoms with van der Waals surface area (Å²) in [5, 5.41) is 12.5. The van der Waals surface area contributed by atoms with E-state index >= 15 is 0 Å². The summed E-state index contributed by atoms with van der Waals surface area (Å²) in [5.74, 6) is 0.494. The van der Waals surface area contributed by atoms with Gasteiger partial charge in [0.25, 0.3) is 5.91 Å². The molecule has 0 atom stereocenters. The molecule has 0 aromatic heterocycles. The predicted octanol–water partition coefficient (Wildman–Crippen LogP) is 2.19. The molecule has 1 aliphatic rings. The van der Waals surface area contributed by atoms with Crippen LogP contribution in [0.15, 0.2) is 24.3 Å². The second-order valence-electron chi connectivity index (χ2n) is 4.79. The van der Waals surface area contributed by atoms with E-state index in [1.54, 1.807) is 36.0 Å². The third-order valence-electron chi connectivity index (χ3n) is 3.30. The molecule has 1 saturated heterocycles. The summed E-state index contributed by atoms with van der Waals surface area (Å²) in [4.78, 5) is 23.4. The Kier molecular flexibility index (Phi) is 5.36. The van der Waals surface area contributed by atoms with Crippen LogP contribution in [0, 0.1) is 0 Å². The Morgan fingerprint density at radius 2 is 2.10 bits per heavy atom. The summed E-state index contributed by atoms with van der Waals surface area (Å²) in [7, 11) is 0. The number of rotatable bonds is 5. The molecule has 1 heterocycles. The van der Waals surface area contributed by atoms with Crippen LogP contribution in [0.3, 0.4) is 0 Å². The highest BCUT2D eigenvalue weighted by molar-refractivity contribution is 7.99. The Labute approximate surface area is 132 Å². The lowest BCUT2D eigenvalue weighted by Gasteiger charge is -2.33. The fourth-order valence-electron chi connectivity index (χ4n) is 2.12. The highest BCUT2D eigenvalue weighted by atomic mass is 35.5. The maximum absolute atomic E-state index is 11.9. The van der Waals surface area contributed by atoms with Crippen molar-refractivity contribution >= 4 is 35.2 Å². The van der Waals surface area contributed by atoms with E-state index in [0.29, 0.717) is 23.6 Å². The largest absolute Gasteiger partial charge is 0.484 e. The number of benzene rings is 1. The van der Waals surface area contributed by atoms with Crippen LogP contribution in [0.1, 0.15) is 12.8 Å². The van der Waals surface area contributed by atoms with E-state index in [2.05, 4.69) is 5.32 Å². The summed E-state index contributed by atoms with van der Waals surface area (Å²) in [6.45, 7) is -0.234. The first-order chi connectivity index (χ1) is 10.0. The van der Waals surface area contributed by atoms with E-state index < -0.39 is 17.4 Å². The number of aliphatic carboxylic acids is 1. The molecule has 0 bridgehead atoms. The number of carbonyl (C=O) groups is 2. The van der Waals surface area contributed by atoms with Gasteiger partial charge in [-0.1, -0.05) is 17.7 Å². The summed E-state index contributed by atoms with van der Waals surface area (Å²) in [6.07, 6.45) is 0.853. The number of nitrogens with one attached hydrogen (secondary N) is 1. The molecule has 0 unspecified atom stereocenters. The molecule has 21 heavy (non-hydrogen) atoms. The number of hydrogen-bond donors (Lipinski definition) is 2. The van der Waals surface area contributed by atoms with Crippen LogP contribution in [0.25, 0.3) is 0 Å². The second-order valence-corrected chi connectivity index (χ2v) is 6.46. The number of carboxylic acid groups (broad SMARTS) is 1. The minimum atomic E-state index is -1.17. The van der Waals surface area contributed by atoms with Crippen molar-refractivity contribution in [1.29, 1.82) is 0 Å². The van der Waals surface area contributed by atoms with Crippen LogP contribution in [0.2, 0.25) is 5.02 Å². The van der Waals surface area contributed by atoms with Crippen molar-refractivity contribution in [1.82, 2.24) is 5.32 Å². The van der Waals surface area contributed by atoms with Crippen LogP contribution < -0.4 is 10.1 Å². The molecule has 2 N–H and O–H groups in total. The molecule has 0 radical (unpaired) electrons. The van der Waals surface area contributed by atoms with Crippen LogP contribution in [-0.2, 0) is 9.59 Å². The monoisotopic (exact) mass is 329 g/mol. The summed E-state index contributed by atoms with van der Waals surface area (Å²) >= 11 is 7.51. The fraction of sp³-hybridized carbons (Fsp3) is 0.429. The van der Waals surface area contributed by atoms with Gasteiger partial charge >= 0.3 is 5.97 Å². The van der Waals surface area contributed by atoms with Gasteiger partial charge in [-0.2, -0.15) is 11.8 Å². The topological polar surface area (TPSA) is 75.6 Å². The van der Waals surface area contributed by atoms with Gasteiger partial charge in [-0.3, -0.25) is 4.79 Å². The highest BCUT2D eigenvalue weighted by Gasteiger charge is 2.41. The maximum Gasteiger partial charge on any atom is 0.329 e. The van der Waals surface area contributed by atoms with E-state index in [-0.39, 0.29) is 6.61 Å². The van der Waals surface area contributed by atoms with Crippen molar-refractivity contribution in [2.24, 2.45) is 0 Å². The molecule has 114 valence electrons. The van der Waals surface area contributed by atoms with Gasteiger partial charge in [0, 0.05) is 5.02 Å². The van der Waals surface area contributed by atoms with Gasteiger partial charge in [0.05, 0.1) is 0 Å². The highest BCUT2D eigenvalue weighted by Crippen LogP contribution is 2.27. The molecule has 0 aliphatic carbocycles. The first-order valence-electron chi connectivity index (χ1n) is 6.52. The lowest BCUT2D eigenvalue weighted by molar-refractivity contribution is -0.148. The number of amides is 1. The Morgan fingerprint density at radius 1 is 1.38 bits per heavy atom. The molecule has 2 rings (SSSR count). The van der Waals surface area contributed by atoms with Gasteiger partial charge in [0.1, 0.15) is 11.3 Å². The maximum atomic E-state index is 11.9. The van der Waals surface area contributed by atoms with Gasteiger partial charge in [-0.15, -0.1) is 0 Å². The summed E-state index contributed by atoms with van der Waals surface area (Å²) < 4.78 is 5.32. The number of halogens is 1. The zero-order valence-electron chi connectivity index (χ0n) is 11.3. The van der Waals surface area contributed by atoms with Crippen molar-refractivity contribution in [3.63, 3.8) is 0 Å². The molecule has 1 aromatic rings. The van der Waals surface area contributed by atoms with E-state index in [1.807, 2.05) is 0 Å². The smallest absolute Gasteiger partial charge is 0.329 e. The number of ether oxygens (including phenoxy) is 1. The Bertz CT molecular complexity index is 531. The Hall–Kier alpha value is -1.40. The van der Waals surface area contributed by atoms with E-state index in [1.165, 1.54) is 0 Å². The minimum absolute atomic E-state index is 0.234. The zero-order valence-corrected chi connectivity index (χ0v) is 12.9. The Morgan fingerprint density at radius 3 is 2.71 bits per heavy atom. The van der Waals surface area contributed by atoms with Crippen molar-refractivity contribution in [3.05, 3.63) is 29.3 Å². The van der Waals surface area contributed by atoms with E-state index in [9.17, 15) is 14.7 Å². The lowest BCUT2D eigenvalue weighted by atomic mass is 9.92. The van der Waals surface area contributed by atoms with Crippen molar-refractivity contribution in [3.8, 4) is 5.75 Å². The number of hydrogen-bond acceptors (Lipinski definition) is 4. The lowest BCUT2D eigenvalue weighted by Crippen LogP contribution is -2.57. The third-order valence-corrected chi connectivity index (χ3v) is 4.52. The number of thioether (sulfide) groups is 1. The van der Waals surface area contributed by atoms with Gasteiger partial charge < -0.3 is 15.2 Å². The van der Waals surface area contributed by atoms with Crippen LogP contribution in [0.5, 0.6) is 5.75 Å². The van der Waals surface area contributed by atoms with Crippen LogP contribution in [0.4, 0.5) is 0 Å². The number of carboxylic acids is 1. The molecule has 1 fully saturated rings. The molecule has 1 amide bonds. The van der Waals surface area contributed by atoms with E-state index in [0.717, 1.165) is 11.5 Å². The number of carbonyl (C=O) groups excluding carboxylic acids is 1. The molecular formula is C14H16ClNO4S. The van der Waals surface area contributed by atoms with Crippen LogP contribution in [-0.4, -0.2) is 40.6 Å². The minimum Gasteiger partial charge on any atom is -0.484 e. The molecular weight excluding hydrogens is 314 g/mol. The molecule has 1 aromatic carbocycles. The van der Waals surface area contributed by atoms with Gasteiger partial charge in [-0.05, 0) is 42.5 Å². The first-order valence-corrected chi connectivity index (χ1v) is 8.06. The van der Waals surface area contributed by atoms with Crippen molar-refractivity contribution in [2.75, 3.05) is 18.1 Å². The fourth-order valence-corrected chi connectivity index (χ4v) is 3.49. The molecule has 1 aliphatic heterocycles. The summed E-state index contributed by atoms with van der Waals surface area (Å²) in [5.41, 5.74) is -1.17. The first kappa shape index (κ1) is 16.0. The predicted molar refractivity (Wildman–Crippen MR) is 82.0 cm³/mol. The standard InChI is InChI=1S/C14H16ClNO4S/c15-10-2-1-3-11(8-10)20-9-12(17)16-14(13(18)19)4-6-21-7-5-14/h1-3,8H,4-7,9H2,(H,16,17)(H,18,19). The second kappa shape index (κ2) is 7.04. The molecule has 5 nitrogen and oxygen atoms in total. The molecule has 7 heteroatoms. The molecule has 0 saturated carbocycles. The van der Waals surface area contributed by atoms with Crippen LogP contribution >= 0.6 is 23.4 Å². The van der Waals surface area contributed by atoms with Gasteiger partial charge in [0.2, 0.25) is 0 Å². The Balaban J connectivity index is 1.92. The third kappa shape index (κ3) is 4.28. The summed E-state index contributed by atoms with van der Waals surface area (Å²) in [6, 6.07) is 6.70. The van der Waals surface area contributed by atoms with Gasteiger partial charge in [0.15, 0.2) is 6.61 Å². The SMILES string of the molecule is O=C(COc1cccc(Cl)c1)NC1(C(=O)O)CCSCC1. The quantitative estimate of drug-likeness (QED) is 0.866. The van der Waals surface area contributed by atoms with E-state index in [4.69, 9.17) is 16.3 Å².